The van der Waals surface area contributed by atoms with Crippen molar-refractivity contribution in [1.29, 1.82) is 0 Å². The van der Waals surface area contributed by atoms with Crippen LogP contribution in [0.4, 0.5) is 17.1 Å². The van der Waals surface area contributed by atoms with Gasteiger partial charge in [0.1, 0.15) is 0 Å². The van der Waals surface area contributed by atoms with Crippen LogP contribution in [0, 0.1) is 6.92 Å². The Morgan fingerprint density at radius 3 is 1.47 bits per heavy atom. The Balaban J connectivity index is 1.30. The average molecular weight is 601 g/mol. The predicted octanol–water partition coefficient (Wildman–Crippen LogP) is 12.5. The molecule has 47 heavy (non-hydrogen) atoms. The molecule has 222 valence electrons. The number of hydrogen-bond acceptors (Lipinski definition) is 1. The van der Waals surface area contributed by atoms with E-state index < -0.39 is 0 Å². The molecule has 0 amide bonds. The van der Waals surface area contributed by atoms with Crippen LogP contribution >= 0.6 is 0 Å². The van der Waals surface area contributed by atoms with E-state index in [1.807, 2.05) is 0 Å². The highest BCUT2D eigenvalue weighted by Crippen LogP contribution is 2.48. The molecule has 0 atom stereocenters. The molecule has 0 unspecified atom stereocenters. The van der Waals surface area contributed by atoms with Gasteiger partial charge in [-0.3, -0.25) is 0 Å². The monoisotopic (exact) mass is 600 g/mol. The largest absolute Gasteiger partial charge is 0.309 e. The van der Waals surface area contributed by atoms with Gasteiger partial charge in [0, 0.05) is 38.6 Å². The minimum Gasteiger partial charge on any atom is -0.309 e. The summed E-state index contributed by atoms with van der Waals surface area (Å²) in [5, 5.41) is 7.47. The van der Waals surface area contributed by atoms with Crippen molar-refractivity contribution < 1.29 is 0 Å². The third-order valence-electron chi connectivity index (χ3n) is 9.39. The number of para-hydroxylation sites is 3. The maximum atomic E-state index is 2.43. The molecular formula is C45H32N2. The summed E-state index contributed by atoms with van der Waals surface area (Å²) in [4.78, 5) is 2.43. The molecule has 1 aromatic heterocycles. The summed E-state index contributed by atoms with van der Waals surface area (Å²) in [7, 11) is 0. The van der Waals surface area contributed by atoms with Crippen molar-refractivity contribution in [3.63, 3.8) is 0 Å². The summed E-state index contributed by atoms with van der Waals surface area (Å²) in [6, 6.07) is 63.8. The van der Waals surface area contributed by atoms with Crippen LogP contribution in [0.1, 0.15) is 5.56 Å². The number of anilines is 3. The van der Waals surface area contributed by atoms with Crippen LogP contribution in [0.25, 0.3) is 60.2 Å². The van der Waals surface area contributed by atoms with Crippen molar-refractivity contribution in [1.82, 2.24) is 4.57 Å². The van der Waals surface area contributed by atoms with Gasteiger partial charge in [0.05, 0.1) is 16.7 Å². The van der Waals surface area contributed by atoms with Gasteiger partial charge >= 0.3 is 0 Å². The van der Waals surface area contributed by atoms with Gasteiger partial charge in [-0.15, -0.1) is 0 Å². The van der Waals surface area contributed by atoms with Gasteiger partial charge in [-0.2, -0.15) is 0 Å². The number of hydrogen-bond donors (Lipinski definition) is 0. The molecule has 0 fully saturated rings. The van der Waals surface area contributed by atoms with E-state index in [0.29, 0.717) is 0 Å². The number of benzene rings is 8. The molecule has 2 nitrogen and oxygen atoms in total. The molecular weight excluding hydrogens is 569 g/mol. The first kappa shape index (κ1) is 27.2. The van der Waals surface area contributed by atoms with Crippen molar-refractivity contribution in [2.24, 2.45) is 0 Å². The summed E-state index contributed by atoms with van der Waals surface area (Å²) in [6.07, 6.45) is 0. The van der Waals surface area contributed by atoms with Crippen LogP contribution in [-0.4, -0.2) is 4.57 Å². The zero-order chi connectivity index (χ0) is 31.3. The molecule has 0 saturated heterocycles. The van der Waals surface area contributed by atoms with E-state index in [9.17, 15) is 0 Å². The molecule has 0 bridgehead atoms. The molecule has 0 spiro atoms. The lowest BCUT2D eigenvalue weighted by molar-refractivity contribution is 1.17. The molecule has 0 saturated carbocycles. The lowest BCUT2D eigenvalue weighted by Crippen LogP contribution is -2.11. The fraction of sp³-hybridized carbons (Fsp3) is 0.0222. The quantitative estimate of drug-likeness (QED) is 0.178. The molecule has 0 N–H and O–H groups in total. The van der Waals surface area contributed by atoms with E-state index in [2.05, 4.69) is 192 Å². The smallest absolute Gasteiger partial charge is 0.0618 e. The Morgan fingerprint density at radius 2 is 0.894 bits per heavy atom. The lowest BCUT2D eigenvalue weighted by atomic mass is 9.89. The molecule has 0 aliphatic rings. The highest BCUT2D eigenvalue weighted by Gasteiger charge is 2.22. The van der Waals surface area contributed by atoms with Crippen molar-refractivity contribution in [3.05, 3.63) is 181 Å². The van der Waals surface area contributed by atoms with E-state index in [0.717, 1.165) is 17.1 Å². The van der Waals surface area contributed by atoms with Crippen molar-refractivity contribution >= 4 is 60.4 Å². The zero-order valence-corrected chi connectivity index (χ0v) is 26.1. The van der Waals surface area contributed by atoms with Crippen LogP contribution in [-0.2, 0) is 0 Å². The van der Waals surface area contributed by atoms with Crippen LogP contribution in [0.2, 0.25) is 0 Å². The Kier molecular flexibility index (Phi) is 6.39. The van der Waals surface area contributed by atoms with Crippen LogP contribution in [0.15, 0.2) is 176 Å². The molecule has 8 aromatic carbocycles. The van der Waals surface area contributed by atoms with Gasteiger partial charge in [-0.25, -0.2) is 0 Å². The van der Waals surface area contributed by atoms with E-state index in [1.165, 1.54) is 65.7 Å². The molecule has 9 rings (SSSR count). The van der Waals surface area contributed by atoms with Crippen LogP contribution in [0.3, 0.4) is 0 Å². The highest BCUT2D eigenvalue weighted by atomic mass is 15.1. The fourth-order valence-corrected chi connectivity index (χ4v) is 7.39. The second kappa shape index (κ2) is 11.0. The first-order valence-corrected chi connectivity index (χ1v) is 16.2. The maximum Gasteiger partial charge on any atom is 0.0618 e. The SMILES string of the molecule is Cc1cccc(-c2c3ccccc3c(N(c3ccccc3)c3ccc(-n4c5ccccc5c5ccccc54)cc3)c3ccccc23)c1. The van der Waals surface area contributed by atoms with E-state index in [1.54, 1.807) is 0 Å². The minimum atomic E-state index is 1.11. The molecule has 0 radical (unpaired) electrons. The third kappa shape index (κ3) is 4.41. The van der Waals surface area contributed by atoms with Crippen molar-refractivity contribution in [2.45, 2.75) is 6.92 Å². The number of aryl methyl sites for hydroxylation is 1. The Bertz CT molecular complexity index is 2470. The molecule has 1 heterocycles. The summed E-state index contributed by atoms with van der Waals surface area (Å²) < 4.78 is 2.38. The van der Waals surface area contributed by atoms with E-state index in [-0.39, 0.29) is 0 Å². The summed E-state index contributed by atoms with van der Waals surface area (Å²) >= 11 is 0. The van der Waals surface area contributed by atoms with Gasteiger partial charge in [0.15, 0.2) is 0 Å². The van der Waals surface area contributed by atoms with E-state index in [4.69, 9.17) is 0 Å². The summed E-state index contributed by atoms with van der Waals surface area (Å²) in [6.45, 7) is 2.17. The average Bonchev–Trinajstić information content (AvgIpc) is 3.47. The zero-order valence-electron chi connectivity index (χ0n) is 26.1. The number of fused-ring (bicyclic) bond motifs is 5. The number of rotatable bonds is 5. The summed E-state index contributed by atoms with van der Waals surface area (Å²) in [5.74, 6) is 0. The van der Waals surface area contributed by atoms with Crippen LogP contribution in [0.5, 0.6) is 0 Å². The second-order valence-electron chi connectivity index (χ2n) is 12.2. The topological polar surface area (TPSA) is 8.17 Å². The summed E-state index contributed by atoms with van der Waals surface area (Å²) in [5.41, 5.74) is 10.8. The van der Waals surface area contributed by atoms with Crippen molar-refractivity contribution in [3.8, 4) is 16.8 Å². The molecule has 0 aliphatic carbocycles. The molecule has 0 aliphatic heterocycles. The minimum absolute atomic E-state index is 1.11. The maximum absolute atomic E-state index is 2.43. The Labute approximate surface area is 274 Å². The van der Waals surface area contributed by atoms with Crippen LogP contribution < -0.4 is 4.90 Å². The standard InChI is InChI=1S/C45H32N2/c1-31-14-13-15-32(30-31)44-38-20-5-7-22-40(38)45(41-23-8-6-21-39(41)44)46(33-16-3-2-4-17-33)34-26-28-35(29-27-34)47-42-24-11-9-18-36(42)37-19-10-12-25-43(37)47/h2-30H,1H3. The number of nitrogens with zero attached hydrogens (tertiary/aromatic N) is 2. The molecule has 2 heteroatoms. The van der Waals surface area contributed by atoms with Gasteiger partial charge < -0.3 is 9.47 Å². The number of aromatic nitrogens is 1. The second-order valence-corrected chi connectivity index (χ2v) is 12.2. The Hall–Kier alpha value is -6.12. The third-order valence-corrected chi connectivity index (χ3v) is 9.39. The van der Waals surface area contributed by atoms with Gasteiger partial charge in [0.2, 0.25) is 0 Å². The highest BCUT2D eigenvalue weighted by molar-refractivity contribution is 6.22. The van der Waals surface area contributed by atoms with E-state index >= 15 is 0 Å². The predicted molar refractivity (Wildman–Crippen MR) is 201 cm³/mol. The fourth-order valence-electron chi connectivity index (χ4n) is 7.39. The normalized spacial score (nSPS) is 11.5. The van der Waals surface area contributed by atoms with Gasteiger partial charge in [-0.05, 0) is 77.4 Å². The van der Waals surface area contributed by atoms with Gasteiger partial charge in [0.25, 0.3) is 0 Å². The first-order valence-electron chi connectivity index (χ1n) is 16.2. The van der Waals surface area contributed by atoms with Gasteiger partial charge in [-0.1, -0.05) is 133 Å². The first-order chi connectivity index (χ1) is 23.3. The Morgan fingerprint density at radius 1 is 0.404 bits per heavy atom. The van der Waals surface area contributed by atoms with Crippen molar-refractivity contribution in [2.75, 3.05) is 4.90 Å². The molecule has 9 aromatic rings. The lowest BCUT2D eigenvalue weighted by Gasteiger charge is -2.29.